The van der Waals surface area contributed by atoms with Crippen molar-refractivity contribution in [3.05, 3.63) is 34.9 Å². The number of carbonyl (C=O) groups excluding carboxylic acids is 2. The predicted octanol–water partition coefficient (Wildman–Crippen LogP) is 2.47. The lowest BCUT2D eigenvalue weighted by Crippen LogP contribution is -2.51. The van der Waals surface area contributed by atoms with Gasteiger partial charge < -0.3 is 14.5 Å². The van der Waals surface area contributed by atoms with Crippen molar-refractivity contribution in [2.24, 2.45) is 5.92 Å². The van der Waals surface area contributed by atoms with Gasteiger partial charge in [0.2, 0.25) is 11.8 Å². The number of hydrogen-bond donors (Lipinski definition) is 0. The summed E-state index contributed by atoms with van der Waals surface area (Å²) in [6.45, 7) is 3.83. The third kappa shape index (κ3) is 3.35. The van der Waals surface area contributed by atoms with Gasteiger partial charge >= 0.3 is 0 Å². The highest BCUT2D eigenvalue weighted by Gasteiger charge is 2.53. The largest absolute Gasteiger partial charge is 0.378 e. The van der Waals surface area contributed by atoms with Crippen LogP contribution in [0.5, 0.6) is 0 Å². The molecule has 1 aliphatic carbocycles. The van der Waals surface area contributed by atoms with E-state index in [1.54, 1.807) is 0 Å². The van der Waals surface area contributed by atoms with Gasteiger partial charge in [-0.2, -0.15) is 0 Å². The number of likely N-dealkylation sites (tertiary alicyclic amines) is 1. The number of morpholine rings is 1. The molecule has 1 aromatic rings. The van der Waals surface area contributed by atoms with E-state index in [-0.39, 0.29) is 17.7 Å². The van der Waals surface area contributed by atoms with Crippen LogP contribution < -0.4 is 0 Å². The van der Waals surface area contributed by atoms with Crippen LogP contribution in [0.3, 0.4) is 0 Å². The maximum atomic E-state index is 13.3. The lowest BCUT2D eigenvalue weighted by molar-refractivity contribution is -0.144. The van der Waals surface area contributed by atoms with Crippen molar-refractivity contribution in [3.8, 4) is 0 Å². The van der Waals surface area contributed by atoms with Gasteiger partial charge in [-0.15, -0.1) is 0 Å². The number of benzene rings is 1. The lowest BCUT2D eigenvalue weighted by Gasteiger charge is -2.37. The van der Waals surface area contributed by atoms with E-state index in [1.165, 1.54) is 0 Å². The fraction of sp³-hybridized carbons (Fsp3) is 0.600. The first kappa shape index (κ1) is 17.8. The Morgan fingerprint density at radius 1 is 1.12 bits per heavy atom. The summed E-state index contributed by atoms with van der Waals surface area (Å²) in [6.07, 6.45) is 3.48. The van der Waals surface area contributed by atoms with Crippen LogP contribution in [0.25, 0.3) is 0 Å². The van der Waals surface area contributed by atoms with E-state index in [0.29, 0.717) is 37.9 Å². The average molecular weight is 377 g/mol. The Kier molecular flexibility index (Phi) is 4.93. The van der Waals surface area contributed by atoms with Crippen molar-refractivity contribution in [2.45, 2.75) is 31.1 Å². The number of rotatable bonds is 3. The molecule has 1 unspecified atom stereocenters. The van der Waals surface area contributed by atoms with E-state index in [1.807, 2.05) is 34.1 Å². The van der Waals surface area contributed by atoms with Crippen LogP contribution in [-0.4, -0.2) is 61.0 Å². The van der Waals surface area contributed by atoms with Crippen molar-refractivity contribution in [1.29, 1.82) is 0 Å². The summed E-state index contributed by atoms with van der Waals surface area (Å²) in [6, 6.07) is 7.65. The second kappa shape index (κ2) is 7.20. The number of ether oxygens (including phenoxy) is 1. The first-order chi connectivity index (χ1) is 12.6. The molecule has 26 heavy (non-hydrogen) atoms. The van der Waals surface area contributed by atoms with Gasteiger partial charge in [-0.1, -0.05) is 23.7 Å². The first-order valence-electron chi connectivity index (χ1n) is 9.52. The molecule has 1 aromatic carbocycles. The van der Waals surface area contributed by atoms with Gasteiger partial charge in [-0.3, -0.25) is 9.59 Å². The van der Waals surface area contributed by atoms with Gasteiger partial charge in [0, 0.05) is 31.2 Å². The molecule has 6 heteroatoms. The molecule has 0 radical (unpaired) electrons. The molecule has 2 saturated heterocycles. The molecule has 1 atom stereocenters. The first-order valence-corrected chi connectivity index (χ1v) is 9.90. The zero-order chi connectivity index (χ0) is 18.1. The minimum absolute atomic E-state index is 0.0824. The number of piperidine rings is 1. The Morgan fingerprint density at radius 3 is 2.58 bits per heavy atom. The number of carbonyl (C=O) groups is 2. The summed E-state index contributed by atoms with van der Waals surface area (Å²) < 4.78 is 5.34. The zero-order valence-electron chi connectivity index (χ0n) is 15.0. The van der Waals surface area contributed by atoms with Crippen molar-refractivity contribution < 1.29 is 14.3 Å². The number of nitrogens with zero attached hydrogens (tertiary/aromatic N) is 2. The highest BCUT2D eigenvalue weighted by atomic mass is 35.5. The molecular formula is C20H25ClN2O3. The van der Waals surface area contributed by atoms with Gasteiger partial charge in [0.1, 0.15) is 0 Å². The molecule has 4 rings (SSSR count). The summed E-state index contributed by atoms with van der Waals surface area (Å²) in [5.41, 5.74) is 0.589. The quantitative estimate of drug-likeness (QED) is 0.814. The number of halogens is 1. The highest BCUT2D eigenvalue weighted by molar-refractivity contribution is 6.30. The molecule has 0 aromatic heterocycles. The molecule has 2 aliphatic heterocycles. The van der Waals surface area contributed by atoms with Crippen LogP contribution in [-0.2, 0) is 19.7 Å². The maximum absolute atomic E-state index is 13.3. The van der Waals surface area contributed by atoms with Crippen LogP contribution in [0.4, 0.5) is 0 Å². The predicted molar refractivity (Wildman–Crippen MR) is 99.1 cm³/mol. The van der Waals surface area contributed by atoms with E-state index < -0.39 is 5.41 Å². The topological polar surface area (TPSA) is 49.9 Å². The highest BCUT2D eigenvalue weighted by Crippen LogP contribution is 2.50. The van der Waals surface area contributed by atoms with Crippen LogP contribution in [0.2, 0.25) is 5.02 Å². The fourth-order valence-electron chi connectivity index (χ4n) is 4.24. The van der Waals surface area contributed by atoms with Crippen LogP contribution in [0, 0.1) is 5.92 Å². The van der Waals surface area contributed by atoms with E-state index in [4.69, 9.17) is 16.3 Å². The summed E-state index contributed by atoms with van der Waals surface area (Å²) in [5.74, 6) is 0.263. The number of amides is 2. The monoisotopic (exact) mass is 376 g/mol. The van der Waals surface area contributed by atoms with E-state index in [0.717, 1.165) is 37.8 Å². The molecule has 3 fully saturated rings. The molecule has 0 N–H and O–H groups in total. The Hall–Kier alpha value is -1.59. The van der Waals surface area contributed by atoms with Gasteiger partial charge in [-0.25, -0.2) is 0 Å². The Morgan fingerprint density at radius 2 is 1.88 bits per heavy atom. The molecule has 5 nitrogen and oxygen atoms in total. The molecule has 2 amide bonds. The summed E-state index contributed by atoms with van der Waals surface area (Å²) in [5, 5.41) is 0.667. The van der Waals surface area contributed by atoms with Crippen LogP contribution >= 0.6 is 11.6 Å². The van der Waals surface area contributed by atoms with E-state index >= 15 is 0 Å². The van der Waals surface area contributed by atoms with Crippen molar-refractivity contribution in [2.75, 3.05) is 39.4 Å². The molecule has 3 aliphatic rings. The molecule has 0 spiro atoms. The molecular weight excluding hydrogens is 352 g/mol. The smallest absolute Gasteiger partial charge is 0.233 e. The zero-order valence-corrected chi connectivity index (χ0v) is 15.7. The van der Waals surface area contributed by atoms with Crippen molar-refractivity contribution >= 4 is 23.4 Å². The summed E-state index contributed by atoms with van der Waals surface area (Å²) >= 11 is 6.13. The minimum atomic E-state index is -0.422. The normalized spacial score (nSPS) is 25.0. The third-order valence-corrected chi connectivity index (χ3v) is 6.15. The molecule has 0 bridgehead atoms. The SMILES string of the molecule is O=C(C1CCCN(C(=O)C2(c3cccc(Cl)c3)CC2)C1)N1CCOCC1. The minimum Gasteiger partial charge on any atom is -0.378 e. The van der Waals surface area contributed by atoms with Gasteiger partial charge in [-0.05, 0) is 43.4 Å². The standard InChI is InChI=1S/C20H25ClN2O3/c21-17-5-1-4-16(13-17)20(6-7-20)19(25)23-8-2-3-15(14-23)18(24)22-9-11-26-12-10-22/h1,4-5,13,15H,2-3,6-12,14H2. The van der Waals surface area contributed by atoms with Gasteiger partial charge in [0.15, 0.2) is 0 Å². The van der Waals surface area contributed by atoms with E-state index in [9.17, 15) is 9.59 Å². The molecule has 1 saturated carbocycles. The Balaban J connectivity index is 1.46. The second-order valence-corrected chi connectivity index (χ2v) is 8.06. The lowest BCUT2D eigenvalue weighted by atomic mass is 9.91. The summed E-state index contributed by atoms with van der Waals surface area (Å²) in [7, 11) is 0. The van der Waals surface area contributed by atoms with Crippen molar-refractivity contribution in [3.63, 3.8) is 0 Å². The average Bonchev–Trinajstić information content (AvgIpc) is 3.50. The van der Waals surface area contributed by atoms with E-state index in [2.05, 4.69) is 0 Å². The van der Waals surface area contributed by atoms with Crippen LogP contribution in [0.1, 0.15) is 31.2 Å². The van der Waals surface area contributed by atoms with Gasteiger partial charge in [0.05, 0.1) is 24.5 Å². The fourth-order valence-corrected chi connectivity index (χ4v) is 4.44. The maximum Gasteiger partial charge on any atom is 0.233 e. The molecule has 2 heterocycles. The van der Waals surface area contributed by atoms with Gasteiger partial charge in [0.25, 0.3) is 0 Å². The number of hydrogen-bond acceptors (Lipinski definition) is 3. The Labute approximate surface area is 159 Å². The van der Waals surface area contributed by atoms with Crippen molar-refractivity contribution in [1.82, 2.24) is 9.80 Å². The Bertz CT molecular complexity index is 698. The van der Waals surface area contributed by atoms with Crippen LogP contribution in [0.15, 0.2) is 24.3 Å². The summed E-state index contributed by atoms with van der Waals surface area (Å²) in [4.78, 5) is 29.9. The molecule has 140 valence electrons. The second-order valence-electron chi connectivity index (χ2n) is 7.62. The third-order valence-electron chi connectivity index (χ3n) is 5.92.